The number of benzene rings is 1. The van der Waals surface area contributed by atoms with Crippen molar-refractivity contribution in [1.82, 2.24) is 34.4 Å². The molecule has 3 aromatic rings. The highest BCUT2D eigenvalue weighted by molar-refractivity contribution is 7.89. The monoisotopic (exact) mass is 459 g/mol. The van der Waals surface area contributed by atoms with Crippen molar-refractivity contribution in [2.24, 2.45) is 7.05 Å². The van der Waals surface area contributed by atoms with Gasteiger partial charge in [-0.3, -0.25) is 5.10 Å². The summed E-state index contributed by atoms with van der Waals surface area (Å²) in [6.07, 6.45) is 5.23. The predicted octanol–water partition coefficient (Wildman–Crippen LogP) is 2.53. The normalized spacial score (nSPS) is 13.0. The van der Waals surface area contributed by atoms with Gasteiger partial charge in [0.25, 0.3) is 0 Å². The van der Waals surface area contributed by atoms with Gasteiger partial charge in [0.05, 0.1) is 24.3 Å². The van der Waals surface area contributed by atoms with Gasteiger partial charge in [-0.1, -0.05) is 44.2 Å². The predicted molar refractivity (Wildman–Crippen MR) is 125 cm³/mol. The molecule has 0 aliphatic rings. The molecule has 32 heavy (non-hydrogen) atoms. The van der Waals surface area contributed by atoms with Gasteiger partial charge >= 0.3 is 0 Å². The van der Waals surface area contributed by atoms with Crippen LogP contribution in [0.3, 0.4) is 0 Å². The molecular weight excluding hydrogens is 426 g/mol. The highest BCUT2D eigenvalue weighted by atomic mass is 32.2. The quantitative estimate of drug-likeness (QED) is 0.407. The Morgan fingerprint density at radius 1 is 1.19 bits per heavy atom. The highest BCUT2D eigenvalue weighted by Gasteiger charge is 2.23. The zero-order valence-corrected chi connectivity index (χ0v) is 19.8. The van der Waals surface area contributed by atoms with Crippen molar-refractivity contribution in [1.29, 1.82) is 0 Å². The first-order valence-electron chi connectivity index (χ1n) is 11.1. The lowest BCUT2D eigenvalue weighted by Crippen LogP contribution is -2.33. The second-order valence-corrected chi connectivity index (χ2v) is 9.70. The second-order valence-electron chi connectivity index (χ2n) is 7.83. The Bertz CT molecular complexity index is 1060. The SMILES string of the molecule is CCN(CC)CCCS(=O)(=O)N[C@H](CCc1ccccc1)c1nc(-c2cncn2C)n[nH]1. The van der Waals surface area contributed by atoms with E-state index in [9.17, 15) is 8.42 Å². The van der Waals surface area contributed by atoms with E-state index in [0.717, 1.165) is 37.3 Å². The number of aryl methyl sites for hydroxylation is 2. The fourth-order valence-electron chi connectivity index (χ4n) is 3.62. The van der Waals surface area contributed by atoms with Crippen LogP contribution in [0.4, 0.5) is 0 Å². The molecule has 0 bridgehead atoms. The molecule has 0 aliphatic heterocycles. The van der Waals surface area contributed by atoms with Crippen LogP contribution >= 0.6 is 0 Å². The molecule has 10 heteroatoms. The lowest BCUT2D eigenvalue weighted by atomic mass is 10.1. The number of aromatic nitrogens is 5. The first-order chi connectivity index (χ1) is 15.4. The third kappa shape index (κ3) is 6.72. The largest absolute Gasteiger partial charge is 0.331 e. The van der Waals surface area contributed by atoms with E-state index >= 15 is 0 Å². The number of imidazole rings is 1. The van der Waals surface area contributed by atoms with Crippen molar-refractivity contribution in [3.05, 3.63) is 54.2 Å². The van der Waals surface area contributed by atoms with Gasteiger partial charge in [0.2, 0.25) is 10.0 Å². The average molecular weight is 460 g/mol. The Morgan fingerprint density at radius 3 is 2.59 bits per heavy atom. The third-order valence-electron chi connectivity index (χ3n) is 5.55. The fraction of sp³-hybridized carbons (Fsp3) is 0.500. The van der Waals surface area contributed by atoms with Crippen LogP contribution in [-0.2, 0) is 23.5 Å². The van der Waals surface area contributed by atoms with Gasteiger partial charge in [-0.15, -0.1) is 0 Å². The number of sulfonamides is 1. The van der Waals surface area contributed by atoms with Gasteiger partial charge in [-0.2, -0.15) is 5.10 Å². The van der Waals surface area contributed by atoms with E-state index in [1.54, 1.807) is 12.5 Å². The highest BCUT2D eigenvalue weighted by Crippen LogP contribution is 2.21. The van der Waals surface area contributed by atoms with Gasteiger partial charge in [0.15, 0.2) is 5.82 Å². The molecule has 2 aromatic heterocycles. The Morgan fingerprint density at radius 2 is 1.94 bits per heavy atom. The Labute approximate surface area is 190 Å². The van der Waals surface area contributed by atoms with E-state index in [4.69, 9.17) is 0 Å². The molecule has 0 saturated heterocycles. The second kappa shape index (κ2) is 11.3. The number of aromatic amines is 1. The number of H-pyrrole nitrogens is 1. The summed E-state index contributed by atoms with van der Waals surface area (Å²) in [5.41, 5.74) is 1.90. The van der Waals surface area contributed by atoms with Crippen LogP contribution in [0.2, 0.25) is 0 Å². The molecule has 3 rings (SSSR count). The van der Waals surface area contributed by atoms with E-state index < -0.39 is 16.1 Å². The van der Waals surface area contributed by atoms with Crippen LogP contribution < -0.4 is 4.72 Å². The third-order valence-corrected chi connectivity index (χ3v) is 7.02. The topological polar surface area (TPSA) is 109 Å². The van der Waals surface area contributed by atoms with Crippen LogP contribution in [0.1, 0.15) is 44.1 Å². The fourth-order valence-corrected chi connectivity index (χ4v) is 4.91. The van der Waals surface area contributed by atoms with Gasteiger partial charge in [-0.25, -0.2) is 23.1 Å². The van der Waals surface area contributed by atoms with Gasteiger partial charge in [-0.05, 0) is 44.5 Å². The average Bonchev–Trinajstić information content (AvgIpc) is 3.44. The number of hydrogen-bond donors (Lipinski definition) is 2. The molecule has 174 valence electrons. The van der Waals surface area contributed by atoms with Crippen molar-refractivity contribution in [2.45, 2.75) is 39.2 Å². The molecule has 1 aromatic carbocycles. The zero-order chi connectivity index (χ0) is 23.0. The summed E-state index contributed by atoms with van der Waals surface area (Å²) in [5, 5.41) is 7.23. The minimum absolute atomic E-state index is 0.0774. The summed E-state index contributed by atoms with van der Waals surface area (Å²) >= 11 is 0. The molecule has 1 atom stereocenters. The van der Waals surface area contributed by atoms with Gasteiger partial charge in [0, 0.05) is 7.05 Å². The molecule has 0 fully saturated rings. The van der Waals surface area contributed by atoms with Crippen LogP contribution in [0.15, 0.2) is 42.9 Å². The summed E-state index contributed by atoms with van der Waals surface area (Å²) in [4.78, 5) is 10.9. The molecule has 2 N–H and O–H groups in total. The van der Waals surface area contributed by atoms with Crippen molar-refractivity contribution >= 4 is 10.0 Å². The van der Waals surface area contributed by atoms with E-state index in [1.165, 1.54) is 0 Å². The minimum atomic E-state index is -3.48. The van der Waals surface area contributed by atoms with Crippen LogP contribution in [0.5, 0.6) is 0 Å². The number of nitrogens with zero attached hydrogens (tertiary/aromatic N) is 5. The Balaban J connectivity index is 1.73. The summed E-state index contributed by atoms with van der Waals surface area (Å²) in [6, 6.07) is 9.51. The Hall–Kier alpha value is -2.56. The van der Waals surface area contributed by atoms with Gasteiger partial charge < -0.3 is 9.47 Å². The molecule has 0 amide bonds. The van der Waals surface area contributed by atoms with Gasteiger partial charge in [0.1, 0.15) is 11.5 Å². The first-order valence-corrected chi connectivity index (χ1v) is 12.7. The lowest BCUT2D eigenvalue weighted by molar-refractivity contribution is 0.304. The molecule has 9 nitrogen and oxygen atoms in total. The molecule has 0 aliphatic carbocycles. The summed E-state index contributed by atoms with van der Waals surface area (Å²) in [7, 11) is -1.62. The summed E-state index contributed by atoms with van der Waals surface area (Å²) < 4.78 is 30.4. The molecule has 0 radical (unpaired) electrons. The van der Waals surface area contributed by atoms with Crippen LogP contribution in [-0.4, -0.2) is 63.4 Å². The lowest BCUT2D eigenvalue weighted by Gasteiger charge is -2.19. The molecular formula is C22H33N7O2S. The summed E-state index contributed by atoms with van der Waals surface area (Å²) in [6.45, 7) is 6.76. The Kier molecular flexibility index (Phi) is 8.54. The number of nitrogens with one attached hydrogen (secondary N) is 2. The maximum Gasteiger partial charge on any atom is 0.212 e. The molecule has 0 saturated carbocycles. The maximum atomic E-state index is 12.9. The standard InChI is InChI=1S/C22H33N7O2S/c1-4-29(5-2)14-9-15-32(30,31)27-19(13-12-18-10-7-6-8-11-18)21-24-22(26-25-21)20-16-23-17-28(20)3/h6-8,10-11,16-17,19,27H,4-5,9,12-15H2,1-3H3,(H,24,25,26)/t19-/m1/s1. The number of rotatable bonds is 13. The van der Waals surface area contributed by atoms with E-state index in [0.29, 0.717) is 24.5 Å². The summed E-state index contributed by atoms with van der Waals surface area (Å²) in [5.74, 6) is 1.07. The zero-order valence-electron chi connectivity index (χ0n) is 19.0. The molecule has 2 heterocycles. The van der Waals surface area contributed by atoms with E-state index in [-0.39, 0.29) is 5.75 Å². The smallest absolute Gasteiger partial charge is 0.212 e. The maximum absolute atomic E-state index is 12.9. The minimum Gasteiger partial charge on any atom is -0.331 e. The van der Waals surface area contributed by atoms with E-state index in [1.807, 2.05) is 41.9 Å². The van der Waals surface area contributed by atoms with Crippen molar-refractivity contribution < 1.29 is 8.42 Å². The molecule has 0 spiro atoms. The van der Waals surface area contributed by atoms with Crippen molar-refractivity contribution in [3.63, 3.8) is 0 Å². The van der Waals surface area contributed by atoms with E-state index in [2.05, 4.69) is 43.6 Å². The molecule has 0 unspecified atom stereocenters. The van der Waals surface area contributed by atoms with Crippen LogP contribution in [0, 0.1) is 0 Å². The van der Waals surface area contributed by atoms with Crippen LogP contribution in [0.25, 0.3) is 11.5 Å². The first kappa shape index (κ1) is 24.1. The number of hydrogen-bond acceptors (Lipinski definition) is 6. The van der Waals surface area contributed by atoms with Crippen molar-refractivity contribution in [3.8, 4) is 11.5 Å². The van der Waals surface area contributed by atoms with Crippen molar-refractivity contribution in [2.75, 3.05) is 25.4 Å².